The molecule has 5 heteroatoms. The van der Waals surface area contributed by atoms with Gasteiger partial charge in [0.05, 0.1) is 22.1 Å². The second kappa shape index (κ2) is 4.23. The lowest BCUT2D eigenvalue weighted by atomic mass is 10.0. The molecule has 2 unspecified atom stereocenters. The van der Waals surface area contributed by atoms with Gasteiger partial charge in [0.15, 0.2) is 0 Å². The third kappa shape index (κ3) is 1.70. The van der Waals surface area contributed by atoms with E-state index in [-0.39, 0.29) is 11.9 Å². The molecule has 0 radical (unpaired) electrons. The molecule has 1 N–H and O–H groups in total. The zero-order valence-corrected chi connectivity index (χ0v) is 10.5. The van der Waals surface area contributed by atoms with Crippen molar-refractivity contribution >= 4 is 17.2 Å². The van der Waals surface area contributed by atoms with Crippen LogP contribution < -0.4 is 5.32 Å². The number of rotatable bonds is 2. The fourth-order valence-corrected chi connectivity index (χ4v) is 3.33. The summed E-state index contributed by atoms with van der Waals surface area (Å²) in [5.41, 5.74) is 2.91. The third-order valence-electron chi connectivity index (χ3n) is 3.48. The van der Waals surface area contributed by atoms with Crippen LogP contribution in [0.2, 0.25) is 0 Å². The van der Waals surface area contributed by atoms with Gasteiger partial charge in [0, 0.05) is 13.0 Å². The predicted octanol–water partition coefficient (Wildman–Crippen LogP) is 1.12. The Kier molecular flexibility index (Phi) is 2.72. The zero-order valence-electron chi connectivity index (χ0n) is 9.72. The van der Waals surface area contributed by atoms with E-state index in [2.05, 4.69) is 22.5 Å². The quantitative estimate of drug-likeness (QED) is 0.799. The van der Waals surface area contributed by atoms with Gasteiger partial charge in [0.2, 0.25) is 5.91 Å². The number of aromatic nitrogens is 1. The summed E-state index contributed by atoms with van der Waals surface area (Å²) in [4.78, 5) is 19.9. The van der Waals surface area contributed by atoms with E-state index in [0.29, 0.717) is 6.04 Å². The molecule has 1 aliphatic carbocycles. The first-order valence-corrected chi connectivity index (χ1v) is 6.76. The molecule has 3 rings (SSSR count). The summed E-state index contributed by atoms with van der Waals surface area (Å²) in [6, 6.07) is 0.0846. The first-order chi connectivity index (χ1) is 8.31. The Morgan fingerprint density at radius 2 is 2.41 bits per heavy atom. The summed E-state index contributed by atoms with van der Waals surface area (Å²) in [5, 5.41) is 3.12. The zero-order chi connectivity index (χ0) is 11.8. The van der Waals surface area contributed by atoms with E-state index in [1.54, 1.807) is 11.3 Å². The highest BCUT2D eigenvalue weighted by Crippen LogP contribution is 2.30. The second-order valence-corrected chi connectivity index (χ2v) is 5.28. The van der Waals surface area contributed by atoms with Crippen LogP contribution in [0.1, 0.15) is 23.0 Å². The standard InChI is InChI=1S/C12H15N3OS/c1-13-10-11-9(14-7-17-11)5-6-15(12(10)16)8-3-2-4-8/h2-3,7-8,10,13H,4-6H2,1H3. The molecule has 1 aromatic heterocycles. The first-order valence-electron chi connectivity index (χ1n) is 5.88. The van der Waals surface area contributed by atoms with Crippen molar-refractivity contribution < 1.29 is 4.79 Å². The topological polar surface area (TPSA) is 45.2 Å². The first kappa shape index (κ1) is 10.9. The number of amides is 1. The number of fused-ring (bicyclic) bond motifs is 1. The van der Waals surface area contributed by atoms with Crippen LogP contribution in [0.25, 0.3) is 0 Å². The molecule has 1 amide bonds. The fraction of sp³-hybridized carbons (Fsp3) is 0.500. The SMILES string of the molecule is CNC1C(=O)N(C2C=CC2)CCc2ncsc21. The maximum Gasteiger partial charge on any atom is 0.245 e. The molecule has 2 heterocycles. The molecular formula is C12H15N3OS. The van der Waals surface area contributed by atoms with Crippen LogP contribution in [0, 0.1) is 0 Å². The van der Waals surface area contributed by atoms with Gasteiger partial charge in [-0.1, -0.05) is 12.2 Å². The monoisotopic (exact) mass is 249 g/mol. The molecule has 2 atom stereocenters. The highest BCUT2D eigenvalue weighted by atomic mass is 32.1. The molecule has 1 aromatic rings. The van der Waals surface area contributed by atoms with Crippen molar-refractivity contribution in [1.82, 2.24) is 15.2 Å². The van der Waals surface area contributed by atoms with Gasteiger partial charge in [-0.15, -0.1) is 11.3 Å². The number of hydrogen-bond acceptors (Lipinski definition) is 4. The summed E-state index contributed by atoms with van der Waals surface area (Å²) in [6.45, 7) is 0.781. The van der Waals surface area contributed by atoms with Crippen LogP contribution in [0.15, 0.2) is 17.7 Å². The molecule has 0 spiro atoms. The van der Waals surface area contributed by atoms with E-state index < -0.39 is 0 Å². The molecule has 1 aliphatic heterocycles. The van der Waals surface area contributed by atoms with Crippen molar-refractivity contribution in [2.75, 3.05) is 13.6 Å². The minimum atomic E-state index is -0.214. The molecule has 90 valence electrons. The van der Waals surface area contributed by atoms with Gasteiger partial charge in [-0.25, -0.2) is 4.98 Å². The molecule has 0 fully saturated rings. The van der Waals surface area contributed by atoms with Crippen LogP contribution in [0.5, 0.6) is 0 Å². The minimum absolute atomic E-state index is 0.185. The Balaban J connectivity index is 1.93. The molecule has 0 aromatic carbocycles. The van der Waals surface area contributed by atoms with Crippen LogP contribution in [0.3, 0.4) is 0 Å². The van der Waals surface area contributed by atoms with Crippen molar-refractivity contribution in [2.24, 2.45) is 0 Å². The Morgan fingerprint density at radius 3 is 3.06 bits per heavy atom. The summed E-state index contributed by atoms with van der Waals surface area (Å²) < 4.78 is 0. The Morgan fingerprint density at radius 1 is 1.59 bits per heavy atom. The van der Waals surface area contributed by atoms with Gasteiger partial charge in [0.1, 0.15) is 6.04 Å². The van der Waals surface area contributed by atoms with Crippen LogP contribution in [-0.4, -0.2) is 35.4 Å². The molecule has 0 saturated carbocycles. The predicted molar refractivity (Wildman–Crippen MR) is 66.9 cm³/mol. The van der Waals surface area contributed by atoms with Crippen molar-refractivity contribution in [3.8, 4) is 0 Å². The van der Waals surface area contributed by atoms with Gasteiger partial charge in [-0.3, -0.25) is 4.79 Å². The Hall–Kier alpha value is -1.20. The van der Waals surface area contributed by atoms with Gasteiger partial charge >= 0.3 is 0 Å². The number of nitrogens with one attached hydrogen (secondary N) is 1. The molecular weight excluding hydrogens is 234 g/mol. The number of hydrogen-bond donors (Lipinski definition) is 1. The average Bonchev–Trinajstić information content (AvgIpc) is 2.66. The lowest BCUT2D eigenvalue weighted by Gasteiger charge is -2.33. The van der Waals surface area contributed by atoms with E-state index >= 15 is 0 Å². The summed E-state index contributed by atoms with van der Waals surface area (Å²) in [6.07, 6.45) is 6.08. The molecule has 4 nitrogen and oxygen atoms in total. The number of thiazole rings is 1. The lowest BCUT2D eigenvalue weighted by molar-refractivity contribution is -0.134. The maximum atomic E-state index is 12.5. The number of likely N-dealkylation sites (N-methyl/N-ethyl adjacent to an activating group) is 1. The Bertz CT molecular complexity index is 468. The van der Waals surface area contributed by atoms with Crippen LogP contribution in [0.4, 0.5) is 0 Å². The van der Waals surface area contributed by atoms with Crippen molar-refractivity contribution in [1.29, 1.82) is 0 Å². The van der Waals surface area contributed by atoms with Crippen LogP contribution in [-0.2, 0) is 11.2 Å². The maximum absolute atomic E-state index is 12.5. The van der Waals surface area contributed by atoms with Gasteiger partial charge < -0.3 is 10.2 Å². The third-order valence-corrected chi connectivity index (χ3v) is 4.42. The van der Waals surface area contributed by atoms with E-state index in [1.807, 2.05) is 17.5 Å². The van der Waals surface area contributed by atoms with E-state index in [0.717, 1.165) is 30.0 Å². The van der Waals surface area contributed by atoms with E-state index in [4.69, 9.17) is 0 Å². The summed E-state index contributed by atoms with van der Waals surface area (Å²) in [5.74, 6) is 0.185. The summed E-state index contributed by atoms with van der Waals surface area (Å²) in [7, 11) is 1.84. The molecule has 0 bridgehead atoms. The fourth-order valence-electron chi connectivity index (χ4n) is 2.39. The van der Waals surface area contributed by atoms with Gasteiger partial charge in [0.25, 0.3) is 0 Å². The molecule has 0 saturated heterocycles. The van der Waals surface area contributed by atoms with Crippen LogP contribution >= 0.6 is 11.3 Å². The minimum Gasteiger partial charge on any atom is -0.334 e. The smallest absolute Gasteiger partial charge is 0.245 e. The Labute approximate surface area is 104 Å². The number of nitrogens with zero attached hydrogens (tertiary/aromatic N) is 2. The van der Waals surface area contributed by atoms with E-state index in [1.165, 1.54) is 0 Å². The second-order valence-electron chi connectivity index (χ2n) is 4.40. The van der Waals surface area contributed by atoms with Gasteiger partial charge in [-0.2, -0.15) is 0 Å². The summed E-state index contributed by atoms with van der Waals surface area (Å²) >= 11 is 1.58. The highest BCUT2D eigenvalue weighted by molar-refractivity contribution is 7.10. The normalized spacial score (nSPS) is 27.6. The molecule has 17 heavy (non-hydrogen) atoms. The van der Waals surface area contributed by atoms with E-state index in [9.17, 15) is 4.79 Å². The highest BCUT2D eigenvalue weighted by Gasteiger charge is 2.35. The number of carbonyl (C=O) groups excluding carboxylic acids is 1. The number of carbonyl (C=O) groups is 1. The van der Waals surface area contributed by atoms with Crippen molar-refractivity contribution in [3.63, 3.8) is 0 Å². The van der Waals surface area contributed by atoms with Gasteiger partial charge in [-0.05, 0) is 13.5 Å². The van der Waals surface area contributed by atoms with Crippen molar-refractivity contribution in [3.05, 3.63) is 28.2 Å². The lowest BCUT2D eigenvalue weighted by Crippen LogP contribution is -2.46. The molecule has 2 aliphatic rings. The average molecular weight is 249 g/mol. The largest absolute Gasteiger partial charge is 0.334 e. The van der Waals surface area contributed by atoms with Crippen molar-refractivity contribution in [2.45, 2.75) is 24.9 Å².